The summed E-state index contributed by atoms with van der Waals surface area (Å²) in [4.78, 5) is 15.4. The monoisotopic (exact) mass is 274 g/mol. The lowest BCUT2D eigenvalue weighted by Crippen LogP contribution is -2.31. The average Bonchev–Trinajstić information content (AvgIpc) is 2.94. The van der Waals surface area contributed by atoms with Gasteiger partial charge in [0.05, 0.1) is 0 Å². The molecule has 1 fully saturated rings. The standard InChI is InChI=1S/C15H18N2OS/c18-15(17-10-11-4-1-2-9-19-11)13-5-3-6-14-12(13)7-8-16-14/h3,5-8,11,16H,1-2,4,9-10H2,(H,17,18). The Morgan fingerprint density at radius 1 is 1.37 bits per heavy atom. The summed E-state index contributed by atoms with van der Waals surface area (Å²) in [6.45, 7) is 0.782. The van der Waals surface area contributed by atoms with Crippen LogP contribution in [0.2, 0.25) is 0 Å². The highest BCUT2D eigenvalue weighted by atomic mass is 32.2. The molecule has 0 aliphatic carbocycles. The average molecular weight is 274 g/mol. The van der Waals surface area contributed by atoms with Crippen LogP contribution in [0.1, 0.15) is 29.6 Å². The first-order valence-electron chi connectivity index (χ1n) is 6.80. The van der Waals surface area contributed by atoms with Gasteiger partial charge in [0.15, 0.2) is 0 Å². The molecule has 2 heterocycles. The first-order valence-corrected chi connectivity index (χ1v) is 7.85. The molecule has 1 aliphatic rings. The van der Waals surface area contributed by atoms with E-state index in [1.54, 1.807) is 0 Å². The van der Waals surface area contributed by atoms with E-state index in [0.29, 0.717) is 5.25 Å². The molecule has 19 heavy (non-hydrogen) atoms. The van der Waals surface area contributed by atoms with Crippen molar-refractivity contribution in [3.8, 4) is 0 Å². The number of aromatic nitrogens is 1. The quantitative estimate of drug-likeness (QED) is 0.903. The molecule has 2 N–H and O–H groups in total. The van der Waals surface area contributed by atoms with Gasteiger partial charge in [-0.05, 0) is 36.8 Å². The van der Waals surface area contributed by atoms with Crippen LogP contribution in [0.5, 0.6) is 0 Å². The van der Waals surface area contributed by atoms with E-state index in [9.17, 15) is 4.79 Å². The number of carbonyl (C=O) groups excluding carboxylic acids is 1. The highest BCUT2D eigenvalue weighted by Crippen LogP contribution is 2.24. The molecule has 1 aromatic carbocycles. The molecule has 0 radical (unpaired) electrons. The Morgan fingerprint density at radius 2 is 2.32 bits per heavy atom. The van der Waals surface area contributed by atoms with Crippen LogP contribution in [-0.4, -0.2) is 28.4 Å². The van der Waals surface area contributed by atoms with Crippen LogP contribution in [0.25, 0.3) is 10.9 Å². The highest BCUT2D eigenvalue weighted by molar-refractivity contribution is 7.99. The summed E-state index contributed by atoms with van der Waals surface area (Å²) in [5.41, 5.74) is 1.78. The van der Waals surface area contributed by atoms with Crippen LogP contribution in [0.4, 0.5) is 0 Å². The first kappa shape index (κ1) is 12.6. The lowest BCUT2D eigenvalue weighted by atomic mass is 10.1. The molecule has 4 heteroatoms. The molecule has 1 unspecified atom stereocenters. The number of H-pyrrole nitrogens is 1. The number of rotatable bonds is 3. The summed E-state index contributed by atoms with van der Waals surface area (Å²) in [5.74, 6) is 1.27. The van der Waals surface area contributed by atoms with E-state index < -0.39 is 0 Å². The Bertz CT molecular complexity index is 572. The van der Waals surface area contributed by atoms with Gasteiger partial charge in [-0.2, -0.15) is 11.8 Å². The Balaban J connectivity index is 1.68. The summed E-state index contributed by atoms with van der Waals surface area (Å²) in [6.07, 6.45) is 5.70. The Morgan fingerprint density at radius 3 is 3.16 bits per heavy atom. The Hall–Kier alpha value is -1.42. The van der Waals surface area contributed by atoms with Crippen molar-refractivity contribution >= 4 is 28.6 Å². The molecule has 3 rings (SSSR count). The van der Waals surface area contributed by atoms with E-state index in [1.807, 2.05) is 42.2 Å². The van der Waals surface area contributed by atoms with Gasteiger partial charge in [0.1, 0.15) is 0 Å². The van der Waals surface area contributed by atoms with Crippen molar-refractivity contribution in [1.82, 2.24) is 10.3 Å². The van der Waals surface area contributed by atoms with Gasteiger partial charge in [0.2, 0.25) is 0 Å². The predicted octanol–water partition coefficient (Wildman–Crippen LogP) is 3.18. The lowest BCUT2D eigenvalue weighted by Gasteiger charge is -2.21. The number of carbonyl (C=O) groups is 1. The van der Waals surface area contributed by atoms with E-state index >= 15 is 0 Å². The number of fused-ring (bicyclic) bond motifs is 1. The van der Waals surface area contributed by atoms with Gasteiger partial charge in [-0.15, -0.1) is 0 Å². The zero-order valence-corrected chi connectivity index (χ0v) is 11.6. The SMILES string of the molecule is O=C(NCC1CCCCS1)c1cccc2[nH]ccc12. The minimum atomic E-state index is 0.0383. The highest BCUT2D eigenvalue weighted by Gasteiger charge is 2.16. The van der Waals surface area contributed by atoms with Crippen molar-refractivity contribution in [2.45, 2.75) is 24.5 Å². The minimum absolute atomic E-state index is 0.0383. The van der Waals surface area contributed by atoms with Crippen LogP contribution in [-0.2, 0) is 0 Å². The molecule has 1 saturated heterocycles. The van der Waals surface area contributed by atoms with Gasteiger partial charge in [0.25, 0.3) is 5.91 Å². The fourth-order valence-electron chi connectivity index (χ4n) is 2.55. The second kappa shape index (κ2) is 5.70. The van der Waals surface area contributed by atoms with Crippen molar-refractivity contribution in [2.24, 2.45) is 0 Å². The number of benzene rings is 1. The third-order valence-corrected chi connectivity index (χ3v) is 5.00. The summed E-state index contributed by atoms with van der Waals surface area (Å²) >= 11 is 1.98. The number of hydrogen-bond acceptors (Lipinski definition) is 2. The third-order valence-electron chi connectivity index (χ3n) is 3.60. The van der Waals surface area contributed by atoms with E-state index in [4.69, 9.17) is 0 Å². The molecule has 1 aliphatic heterocycles. The lowest BCUT2D eigenvalue weighted by molar-refractivity contribution is 0.0955. The van der Waals surface area contributed by atoms with Crippen LogP contribution in [0.15, 0.2) is 30.5 Å². The van der Waals surface area contributed by atoms with Crippen molar-refractivity contribution in [2.75, 3.05) is 12.3 Å². The van der Waals surface area contributed by atoms with E-state index in [2.05, 4.69) is 10.3 Å². The second-order valence-corrected chi connectivity index (χ2v) is 6.35. The maximum absolute atomic E-state index is 12.3. The Kier molecular flexibility index (Phi) is 3.78. The molecule has 0 saturated carbocycles. The van der Waals surface area contributed by atoms with E-state index in [0.717, 1.165) is 23.0 Å². The zero-order valence-electron chi connectivity index (χ0n) is 10.8. The molecule has 2 aromatic rings. The first-order chi connectivity index (χ1) is 9.34. The molecule has 100 valence electrons. The maximum Gasteiger partial charge on any atom is 0.252 e. The largest absolute Gasteiger partial charge is 0.361 e. The fourth-order valence-corrected chi connectivity index (χ4v) is 3.79. The smallest absolute Gasteiger partial charge is 0.252 e. The zero-order chi connectivity index (χ0) is 13.1. The van der Waals surface area contributed by atoms with Gasteiger partial charge in [-0.3, -0.25) is 4.79 Å². The number of hydrogen-bond donors (Lipinski definition) is 2. The summed E-state index contributed by atoms with van der Waals surface area (Å²) in [7, 11) is 0. The van der Waals surface area contributed by atoms with Crippen molar-refractivity contribution in [3.05, 3.63) is 36.0 Å². The Labute approximate surface area is 117 Å². The molecular weight excluding hydrogens is 256 g/mol. The van der Waals surface area contributed by atoms with E-state index in [1.165, 1.54) is 25.0 Å². The minimum Gasteiger partial charge on any atom is -0.361 e. The number of nitrogens with one attached hydrogen (secondary N) is 2. The number of amides is 1. The predicted molar refractivity (Wildman–Crippen MR) is 80.7 cm³/mol. The van der Waals surface area contributed by atoms with Gasteiger partial charge in [-0.25, -0.2) is 0 Å². The molecule has 0 spiro atoms. The molecular formula is C15H18N2OS. The van der Waals surface area contributed by atoms with Crippen molar-refractivity contribution in [3.63, 3.8) is 0 Å². The van der Waals surface area contributed by atoms with Crippen LogP contribution in [0.3, 0.4) is 0 Å². The second-order valence-electron chi connectivity index (χ2n) is 4.94. The van der Waals surface area contributed by atoms with E-state index in [-0.39, 0.29) is 5.91 Å². The molecule has 1 atom stereocenters. The maximum atomic E-state index is 12.3. The van der Waals surface area contributed by atoms with Crippen molar-refractivity contribution in [1.29, 1.82) is 0 Å². The molecule has 1 amide bonds. The molecule has 0 bridgehead atoms. The number of thioether (sulfide) groups is 1. The van der Waals surface area contributed by atoms with Gasteiger partial charge < -0.3 is 10.3 Å². The fraction of sp³-hybridized carbons (Fsp3) is 0.400. The van der Waals surface area contributed by atoms with Crippen LogP contribution in [0, 0.1) is 0 Å². The van der Waals surface area contributed by atoms with Gasteiger partial charge in [0, 0.05) is 34.5 Å². The normalized spacial score (nSPS) is 19.5. The molecule has 1 aromatic heterocycles. The van der Waals surface area contributed by atoms with Gasteiger partial charge >= 0.3 is 0 Å². The summed E-state index contributed by atoms with van der Waals surface area (Å²) in [5, 5.41) is 4.66. The number of aromatic amines is 1. The van der Waals surface area contributed by atoms with Crippen LogP contribution < -0.4 is 5.32 Å². The van der Waals surface area contributed by atoms with Crippen molar-refractivity contribution < 1.29 is 4.79 Å². The molecule has 3 nitrogen and oxygen atoms in total. The summed E-state index contributed by atoms with van der Waals surface area (Å²) in [6, 6.07) is 7.76. The third kappa shape index (κ3) is 2.78. The summed E-state index contributed by atoms with van der Waals surface area (Å²) < 4.78 is 0. The topological polar surface area (TPSA) is 44.9 Å². The van der Waals surface area contributed by atoms with Crippen LogP contribution >= 0.6 is 11.8 Å². The van der Waals surface area contributed by atoms with Gasteiger partial charge in [-0.1, -0.05) is 12.5 Å².